The summed E-state index contributed by atoms with van der Waals surface area (Å²) in [7, 11) is 3.21. The van der Waals surface area contributed by atoms with Gasteiger partial charge in [-0.15, -0.1) is 0 Å². The Kier molecular flexibility index (Phi) is 4.28. The van der Waals surface area contributed by atoms with Crippen LogP contribution >= 0.6 is 0 Å². The molecule has 0 unspecified atom stereocenters. The number of para-hydroxylation sites is 1. The molecular weight excluding hydrogens is 342 g/mol. The summed E-state index contributed by atoms with van der Waals surface area (Å²) in [5.74, 6) is 0.420. The van der Waals surface area contributed by atoms with Crippen LogP contribution in [0.3, 0.4) is 0 Å². The van der Waals surface area contributed by atoms with Crippen molar-refractivity contribution in [2.75, 3.05) is 14.2 Å². The zero-order valence-corrected chi connectivity index (χ0v) is 15.2. The summed E-state index contributed by atoms with van der Waals surface area (Å²) in [5.41, 5.74) is 4.65. The highest BCUT2D eigenvalue weighted by atomic mass is 16.5. The number of ether oxygens (including phenoxy) is 2. The molecule has 0 spiro atoms. The van der Waals surface area contributed by atoms with Gasteiger partial charge >= 0.3 is 5.97 Å². The van der Waals surface area contributed by atoms with Crippen LogP contribution in [0.15, 0.2) is 42.5 Å². The fraction of sp³-hybridized carbons (Fsp3) is 0.182. The Morgan fingerprint density at radius 3 is 2.59 bits per heavy atom. The number of methoxy groups -OCH3 is 2. The number of hydrogen-bond acceptors (Lipinski definition) is 4. The predicted molar refractivity (Wildman–Crippen MR) is 104 cm³/mol. The van der Waals surface area contributed by atoms with Crippen LogP contribution in [-0.2, 0) is 6.42 Å². The van der Waals surface area contributed by atoms with Crippen molar-refractivity contribution < 1.29 is 19.4 Å². The molecule has 5 heteroatoms. The number of benzene rings is 2. The molecule has 4 rings (SSSR count). The number of fused-ring (bicyclic) bond motifs is 2. The number of aromatic carboxylic acids is 1. The lowest BCUT2D eigenvalue weighted by Gasteiger charge is -2.10. The van der Waals surface area contributed by atoms with E-state index in [-0.39, 0.29) is 0 Å². The fourth-order valence-electron chi connectivity index (χ4n) is 3.67. The quantitative estimate of drug-likeness (QED) is 0.744. The van der Waals surface area contributed by atoms with Gasteiger partial charge < -0.3 is 14.6 Å². The van der Waals surface area contributed by atoms with E-state index in [1.807, 2.05) is 48.5 Å². The van der Waals surface area contributed by atoms with Gasteiger partial charge in [-0.3, -0.25) is 0 Å². The summed E-state index contributed by atoms with van der Waals surface area (Å²) < 4.78 is 10.7. The van der Waals surface area contributed by atoms with Crippen molar-refractivity contribution in [3.63, 3.8) is 0 Å². The minimum absolute atomic E-state index is 0.367. The van der Waals surface area contributed by atoms with E-state index in [0.717, 1.165) is 28.8 Å². The van der Waals surface area contributed by atoms with Crippen molar-refractivity contribution in [1.82, 2.24) is 4.98 Å². The van der Waals surface area contributed by atoms with Crippen LogP contribution in [0, 0.1) is 0 Å². The molecule has 1 heterocycles. The van der Waals surface area contributed by atoms with Gasteiger partial charge in [-0.05, 0) is 53.8 Å². The maximum absolute atomic E-state index is 11.9. The molecule has 3 aromatic rings. The maximum Gasteiger partial charge on any atom is 0.336 e. The monoisotopic (exact) mass is 361 g/mol. The van der Waals surface area contributed by atoms with Crippen molar-refractivity contribution in [2.45, 2.75) is 12.8 Å². The molecule has 0 aliphatic heterocycles. The van der Waals surface area contributed by atoms with Crippen LogP contribution in [0.5, 0.6) is 11.5 Å². The number of carboxylic acids is 1. The number of allylic oxidation sites excluding steroid dienone is 1. The molecule has 0 saturated carbocycles. The molecule has 0 fully saturated rings. The van der Waals surface area contributed by atoms with Gasteiger partial charge in [0.25, 0.3) is 0 Å². The molecule has 0 amide bonds. The van der Waals surface area contributed by atoms with Gasteiger partial charge in [-0.2, -0.15) is 0 Å². The van der Waals surface area contributed by atoms with E-state index >= 15 is 0 Å². The topological polar surface area (TPSA) is 68.7 Å². The van der Waals surface area contributed by atoms with Gasteiger partial charge in [0, 0.05) is 5.39 Å². The van der Waals surface area contributed by atoms with E-state index in [9.17, 15) is 9.90 Å². The van der Waals surface area contributed by atoms with E-state index in [1.54, 1.807) is 14.2 Å². The summed E-state index contributed by atoms with van der Waals surface area (Å²) in [6.07, 6.45) is 3.47. The summed E-state index contributed by atoms with van der Waals surface area (Å²) in [6, 6.07) is 13.1. The lowest BCUT2D eigenvalue weighted by Crippen LogP contribution is -2.05. The van der Waals surface area contributed by atoms with Crippen LogP contribution in [0.1, 0.15) is 33.6 Å². The highest BCUT2D eigenvalue weighted by Gasteiger charge is 2.26. The Morgan fingerprint density at radius 2 is 1.85 bits per heavy atom. The lowest BCUT2D eigenvalue weighted by atomic mass is 10.0. The summed E-state index contributed by atoms with van der Waals surface area (Å²) in [4.78, 5) is 16.7. The first-order valence-corrected chi connectivity index (χ1v) is 8.70. The molecule has 1 aliphatic carbocycles. The van der Waals surface area contributed by atoms with Gasteiger partial charge in [0.2, 0.25) is 0 Å². The number of nitrogens with zero attached hydrogens (tertiary/aromatic N) is 1. The molecule has 27 heavy (non-hydrogen) atoms. The largest absolute Gasteiger partial charge is 0.493 e. The summed E-state index contributed by atoms with van der Waals surface area (Å²) in [5, 5.41) is 10.5. The summed E-state index contributed by atoms with van der Waals surface area (Å²) >= 11 is 0. The Labute approximate surface area is 156 Å². The normalized spacial score (nSPS) is 14.4. The van der Waals surface area contributed by atoms with Gasteiger partial charge in [0.15, 0.2) is 11.5 Å². The molecule has 2 aromatic carbocycles. The van der Waals surface area contributed by atoms with Crippen molar-refractivity contribution in [2.24, 2.45) is 0 Å². The Balaban J connectivity index is 1.86. The van der Waals surface area contributed by atoms with Gasteiger partial charge in [0.05, 0.1) is 31.0 Å². The van der Waals surface area contributed by atoms with Crippen molar-refractivity contribution in [3.05, 3.63) is 64.8 Å². The molecule has 1 aliphatic rings. The number of rotatable bonds is 4. The van der Waals surface area contributed by atoms with Crippen molar-refractivity contribution in [1.29, 1.82) is 0 Å². The van der Waals surface area contributed by atoms with E-state index < -0.39 is 5.97 Å². The first-order chi connectivity index (χ1) is 13.1. The molecule has 0 atom stereocenters. The average molecular weight is 361 g/mol. The van der Waals surface area contributed by atoms with Gasteiger partial charge in [0.1, 0.15) is 0 Å². The number of carbonyl (C=O) groups is 1. The van der Waals surface area contributed by atoms with Crippen molar-refractivity contribution in [3.8, 4) is 11.5 Å². The number of carboxylic acid groups (broad SMARTS) is 1. The highest BCUT2D eigenvalue weighted by Crippen LogP contribution is 2.38. The lowest BCUT2D eigenvalue weighted by molar-refractivity contribution is 0.0698. The van der Waals surface area contributed by atoms with E-state index in [1.165, 1.54) is 0 Å². The highest BCUT2D eigenvalue weighted by molar-refractivity contribution is 6.06. The molecule has 0 bridgehead atoms. The van der Waals surface area contributed by atoms with Crippen LogP contribution < -0.4 is 9.47 Å². The van der Waals surface area contributed by atoms with Crippen LogP contribution in [0.25, 0.3) is 22.6 Å². The molecule has 136 valence electrons. The van der Waals surface area contributed by atoms with Crippen molar-refractivity contribution >= 4 is 28.5 Å². The summed E-state index contributed by atoms with van der Waals surface area (Å²) in [6.45, 7) is 0. The SMILES string of the molecule is COc1ccc(/C=C2\CCc3c2nc2ccccc2c3C(=O)O)cc1OC. The number of pyridine rings is 1. The first kappa shape index (κ1) is 17.1. The van der Waals surface area contributed by atoms with Crippen LogP contribution in [0.4, 0.5) is 0 Å². The molecule has 0 radical (unpaired) electrons. The third-order valence-corrected chi connectivity index (χ3v) is 4.90. The number of aromatic nitrogens is 1. The third-order valence-electron chi connectivity index (χ3n) is 4.90. The minimum atomic E-state index is -0.905. The van der Waals surface area contributed by atoms with Crippen LogP contribution in [0.2, 0.25) is 0 Å². The predicted octanol–water partition coefficient (Wildman–Crippen LogP) is 4.44. The second-order valence-electron chi connectivity index (χ2n) is 6.42. The van der Waals surface area contributed by atoms with E-state index in [2.05, 4.69) is 0 Å². The zero-order chi connectivity index (χ0) is 19.0. The minimum Gasteiger partial charge on any atom is -0.493 e. The van der Waals surface area contributed by atoms with Gasteiger partial charge in [-0.25, -0.2) is 9.78 Å². The second kappa shape index (κ2) is 6.76. The zero-order valence-electron chi connectivity index (χ0n) is 15.2. The third kappa shape index (κ3) is 2.91. The smallest absolute Gasteiger partial charge is 0.336 e. The Morgan fingerprint density at radius 1 is 1.07 bits per heavy atom. The number of hydrogen-bond donors (Lipinski definition) is 1. The average Bonchev–Trinajstić information content (AvgIpc) is 3.07. The van der Waals surface area contributed by atoms with Gasteiger partial charge in [-0.1, -0.05) is 24.3 Å². The first-order valence-electron chi connectivity index (χ1n) is 8.70. The standard InChI is InChI=1S/C22H19NO4/c1-26-18-10-7-13(12-19(18)27-2)11-14-8-9-16-20(22(24)25)15-5-3-4-6-17(15)23-21(14)16/h3-7,10-12H,8-9H2,1-2H3,(H,24,25)/b14-11+. The maximum atomic E-state index is 11.9. The van der Waals surface area contributed by atoms with E-state index in [4.69, 9.17) is 14.5 Å². The Bertz CT molecular complexity index is 1090. The molecule has 1 N–H and O–H groups in total. The fourth-order valence-corrected chi connectivity index (χ4v) is 3.67. The second-order valence-corrected chi connectivity index (χ2v) is 6.42. The molecular formula is C22H19NO4. The van der Waals surface area contributed by atoms with E-state index in [0.29, 0.717) is 34.4 Å². The molecule has 0 saturated heterocycles. The Hall–Kier alpha value is -3.34. The van der Waals surface area contributed by atoms with Crippen LogP contribution in [-0.4, -0.2) is 30.3 Å². The molecule has 1 aromatic heterocycles. The molecule has 5 nitrogen and oxygen atoms in total.